The Morgan fingerprint density at radius 2 is 1.94 bits per heavy atom. The van der Waals surface area contributed by atoms with Crippen LogP contribution < -0.4 is 4.74 Å². The number of ether oxygens (including phenoxy) is 2. The van der Waals surface area contributed by atoms with Crippen molar-refractivity contribution in [2.75, 3.05) is 26.9 Å². The topological polar surface area (TPSA) is 56.6 Å². The number of thioether (sulfide) groups is 1. The summed E-state index contributed by atoms with van der Waals surface area (Å²) in [7, 11) is 1.65. The van der Waals surface area contributed by atoms with Gasteiger partial charge >= 0.3 is 0 Å². The van der Waals surface area contributed by atoms with Gasteiger partial charge in [0.15, 0.2) is 0 Å². The standard InChI is InChI=1S/C28H31N3O3S2/c1-19(2)18-34-24-12-11-21(15-20(24)3)26-22(17-31(29-26)23-9-6-5-7-10-23)16-25-27(32)30(28(35)36-25)13-8-14-33-4/h5-7,9-12,15-17,19H,8,13-14,18H2,1-4H3. The quantitative estimate of drug-likeness (QED) is 0.182. The Bertz CT molecular complexity index is 1270. The van der Waals surface area contributed by atoms with Crippen LogP contribution in [0.25, 0.3) is 23.0 Å². The van der Waals surface area contributed by atoms with Crippen molar-refractivity contribution in [3.8, 4) is 22.7 Å². The van der Waals surface area contributed by atoms with Crippen molar-refractivity contribution in [3.63, 3.8) is 0 Å². The fourth-order valence-corrected chi connectivity index (χ4v) is 5.15. The number of aromatic nitrogens is 2. The molecule has 0 aliphatic carbocycles. The van der Waals surface area contributed by atoms with Crippen molar-refractivity contribution in [2.24, 2.45) is 5.92 Å². The van der Waals surface area contributed by atoms with Gasteiger partial charge in [-0.05, 0) is 61.2 Å². The molecular weight excluding hydrogens is 490 g/mol. The maximum atomic E-state index is 13.1. The lowest BCUT2D eigenvalue weighted by Gasteiger charge is -2.13. The van der Waals surface area contributed by atoms with Crippen LogP contribution in [-0.4, -0.2) is 51.8 Å². The first-order chi connectivity index (χ1) is 17.4. The molecule has 0 spiro atoms. The molecule has 1 aliphatic rings. The highest BCUT2D eigenvalue weighted by Crippen LogP contribution is 2.35. The number of benzene rings is 2. The van der Waals surface area contributed by atoms with Crippen LogP contribution in [-0.2, 0) is 9.53 Å². The van der Waals surface area contributed by atoms with Gasteiger partial charge in [0, 0.05) is 37.6 Å². The summed E-state index contributed by atoms with van der Waals surface area (Å²) in [5, 5.41) is 4.91. The normalized spacial score (nSPS) is 14.9. The molecule has 1 saturated heterocycles. The molecule has 0 radical (unpaired) electrons. The molecule has 36 heavy (non-hydrogen) atoms. The molecule has 0 saturated carbocycles. The Morgan fingerprint density at radius 3 is 2.64 bits per heavy atom. The van der Waals surface area contributed by atoms with E-state index in [1.54, 1.807) is 12.0 Å². The van der Waals surface area contributed by atoms with Crippen LogP contribution in [0.3, 0.4) is 0 Å². The van der Waals surface area contributed by atoms with Crippen molar-refractivity contribution < 1.29 is 14.3 Å². The average molecular weight is 522 g/mol. The van der Waals surface area contributed by atoms with Gasteiger partial charge < -0.3 is 9.47 Å². The predicted molar refractivity (Wildman–Crippen MR) is 150 cm³/mol. The number of carbonyl (C=O) groups excluding carboxylic acids is 1. The first-order valence-electron chi connectivity index (χ1n) is 12.0. The maximum absolute atomic E-state index is 13.1. The molecule has 8 heteroatoms. The van der Waals surface area contributed by atoms with E-state index in [1.165, 1.54) is 11.8 Å². The molecule has 2 heterocycles. The highest BCUT2D eigenvalue weighted by Gasteiger charge is 2.32. The summed E-state index contributed by atoms with van der Waals surface area (Å²) in [6.07, 6.45) is 4.59. The summed E-state index contributed by atoms with van der Waals surface area (Å²) in [6, 6.07) is 16.0. The summed E-state index contributed by atoms with van der Waals surface area (Å²) >= 11 is 6.82. The fraction of sp³-hybridized carbons (Fsp3) is 0.321. The van der Waals surface area contributed by atoms with E-state index in [0.29, 0.717) is 34.9 Å². The van der Waals surface area contributed by atoms with Gasteiger partial charge in [0.1, 0.15) is 15.8 Å². The van der Waals surface area contributed by atoms with Crippen LogP contribution in [0.15, 0.2) is 59.6 Å². The third-order valence-corrected chi connectivity index (χ3v) is 7.05. The highest BCUT2D eigenvalue weighted by molar-refractivity contribution is 8.26. The van der Waals surface area contributed by atoms with Crippen LogP contribution in [0.2, 0.25) is 0 Å². The average Bonchev–Trinajstić information content (AvgIpc) is 3.40. The Morgan fingerprint density at radius 1 is 1.17 bits per heavy atom. The van der Waals surface area contributed by atoms with Crippen LogP contribution in [0.4, 0.5) is 0 Å². The second kappa shape index (κ2) is 11.9. The van der Waals surface area contributed by atoms with Gasteiger partial charge in [-0.3, -0.25) is 9.69 Å². The zero-order chi connectivity index (χ0) is 25.7. The van der Waals surface area contributed by atoms with E-state index < -0.39 is 0 Å². The van der Waals surface area contributed by atoms with Crippen LogP contribution in [0, 0.1) is 12.8 Å². The van der Waals surface area contributed by atoms with Gasteiger partial charge in [-0.15, -0.1) is 0 Å². The number of aryl methyl sites for hydroxylation is 1. The largest absolute Gasteiger partial charge is 0.493 e. The summed E-state index contributed by atoms with van der Waals surface area (Å²) in [6.45, 7) is 8.10. The Balaban J connectivity index is 1.70. The lowest BCUT2D eigenvalue weighted by molar-refractivity contribution is -0.122. The Kier molecular flexibility index (Phi) is 8.61. The second-order valence-corrected chi connectivity index (χ2v) is 10.8. The van der Waals surface area contributed by atoms with Crippen molar-refractivity contribution in [1.82, 2.24) is 14.7 Å². The lowest BCUT2D eigenvalue weighted by Crippen LogP contribution is -2.29. The molecule has 2 aromatic carbocycles. The van der Waals surface area contributed by atoms with Crippen LogP contribution in [0.1, 0.15) is 31.4 Å². The number of rotatable bonds is 10. The van der Waals surface area contributed by atoms with E-state index in [2.05, 4.69) is 19.9 Å². The molecule has 188 valence electrons. The van der Waals surface area contributed by atoms with Crippen molar-refractivity contribution in [3.05, 3.63) is 70.8 Å². The first-order valence-corrected chi connectivity index (χ1v) is 13.2. The highest BCUT2D eigenvalue weighted by atomic mass is 32.2. The SMILES string of the molecule is COCCCN1C(=O)C(=Cc2cn(-c3ccccc3)nc2-c2ccc(OCC(C)C)c(C)c2)SC1=S. The van der Waals surface area contributed by atoms with E-state index in [4.69, 9.17) is 26.8 Å². The smallest absolute Gasteiger partial charge is 0.266 e. The molecule has 0 bridgehead atoms. The van der Waals surface area contributed by atoms with Gasteiger partial charge in [-0.25, -0.2) is 4.68 Å². The Labute approximate surface area is 222 Å². The third kappa shape index (κ3) is 6.06. The zero-order valence-electron chi connectivity index (χ0n) is 21.1. The number of hydrogen-bond donors (Lipinski definition) is 0. The second-order valence-electron chi connectivity index (χ2n) is 9.08. The number of amides is 1. The van der Waals surface area contributed by atoms with Gasteiger partial charge in [0.2, 0.25) is 0 Å². The number of hydrogen-bond acceptors (Lipinski definition) is 6. The number of carbonyl (C=O) groups is 1. The minimum atomic E-state index is -0.0758. The molecule has 1 aromatic heterocycles. The van der Waals surface area contributed by atoms with Crippen molar-refractivity contribution >= 4 is 40.3 Å². The van der Waals surface area contributed by atoms with Gasteiger partial charge in [-0.1, -0.05) is 56.0 Å². The minimum absolute atomic E-state index is 0.0758. The Hall–Kier alpha value is -2.94. The summed E-state index contributed by atoms with van der Waals surface area (Å²) in [5.74, 6) is 1.24. The van der Waals surface area contributed by atoms with Crippen LogP contribution in [0.5, 0.6) is 5.75 Å². The van der Waals surface area contributed by atoms with Gasteiger partial charge in [0.25, 0.3) is 5.91 Å². The van der Waals surface area contributed by atoms with E-state index >= 15 is 0 Å². The summed E-state index contributed by atoms with van der Waals surface area (Å²) < 4.78 is 13.5. The number of thiocarbonyl (C=S) groups is 1. The molecule has 0 atom stereocenters. The summed E-state index contributed by atoms with van der Waals surface area (Å²) in [5.41, 5.74) is 4.59. The van der Waals surface area contributed by atoms with E-state index in [9.17, 15) is 4.79 Å². The number of methoxy groups -OCH3 is 1. The monoisotopic (exact) mass is 521 g/mol. The fourth-order valence-electron chi connectivity index (χ4n) is 3.85. The summed E-state index contributed by atoms with van der Waals surface area (Å²) in [4.78, 5) is 15.4. The predicted octanol–water partition coefficient (Wildman–Crippen LogP) is 6.12. The number of para-hydroxylation sites is 1. The maximum Gasteiger partial charge on any atom is 0.266 e. The first kappa shape index (κ1) is 26.1. The molecule has 1 fully saturated rings. The third-order valence-electron chi connectivity index (χ3n) is 5.67. The molecule has 6 nitrogen and oxygen atoms in total. The van der Waals surface area contributed by atoms with E-state index in [1.807, 2.05) is 66.3 Å². The van der Waals surface area contributed by atoms with Crippen molar-refractivity contribution in [2.45, 2.75) is 27.2 Å². The van der Waals surface area contributed by atoms with Gasteiger partial charge in [-0.2, -0.15) is 5.10 Å². The van der Waals surface area contributed by atoms with E-state index in [0.717, 1.165) is 40.2 Å². The van der Waals surface area contributed by atoms with Crippen LogP contribution >= 0.6 is 24.0 Å². The zero-order valence-corrected chi connectivity index (χ0v) is 22.7. The molecule has 3 aromatic rings. The molecular formula is C28H31N3O3S2. The van der Waals surface area contributed by atoms with Crippen molar-refractivity contribution in [1.29, 1.82) is 0 Å². The van der Waals surface area contributed by atoms with E-state index in [-0.39, 0.29) is 5.91 Å². The molecule has 4 rings (SSSR count). The number of nitrogens with zero attached hydrogens (tertiary/aromatic N) is 3. The molecule has 1 aliphatic heterocycles. The molecule has 0 unspecified atom stereocenters. The lowest BCUT2D eigenvalue weighted by atomic mass is 10.0. The molecule has 0 N–H and O–H groups in total. The van der Waals surface area contributed by atoms with Gasteiger partial charge in [0.05, 0.1) is 17.2 Å². The minimum Gasteiger partial charge on any atom is -0.493 e. The molecule has 1 amide bonds.